The number of carboxylic acids is 1. The van der Waals surface area contributed by atoms with Crippen molar-refractivity contribution < 1.29 is 41.0 Å². The molecule has 1 heterocycles. The first kappa shape index (κ1) is 23.3. The summed E-state index contributed by atoms with van der Waals surface area (Å²) < 4.78 is 79.3. The van der Waals surface area contributed by atoms with Crippen LogP contribution in [0, 0.1) is 17.5 Å². The van der Waals surface area contributed by atoms with Crippen molar-refractivity contribution in [2.45, 2.75) is 24.4 Å². The number of aromatic carboxylic acids is 1. The summed E-state index contributed by atoms with van der Waals surface area (Å²) in [7, 11) is 0. The highest BCUT2D eigenvalue weighted by Crippen LogP contribution is 2.50. The largest absolute Gasteiger partial charge is 0.478 e. The summed E-state index contributed by atoms with van der Waals surface area (Å²) in [6.45, 7) is 0. The Balaban J connectivity index is 1.63. The summed E-state index contributed by atoms with van der Waals surface area (Å²) in [6.07, 6.45) is -3.44. The highest BCUT2D eigenvalue weighted by Gasteiger charge is 2.53. The molecule has 1 aromatic heterocycles. The lowest BCUT2D eigenvalue weighted by Gasteiger charge is -2.18. The van der Waals surface area contributed by atoms with Crippen molar-refractivity contribution >= 4 is 17.6 Å². The third-order valence-electron chi connectivity index (χ3n) is 5.58. The Morgan fingerprint density at radius 2 is 1.62 bits per heavy atom. The number of alkyl halides is 3. The van der Waals surface area contributed by atoms with Crippen molar-refractivity contribution in [3.8, 4) is 11.1 Å². The van der Waals surface area contributed by atoms with E-state index in [1.165, 1.54) is 12.1 Å². The molecule has 0 bridgehead atoms. The van der Waals surface area contributed by atoms with E-state index in [2.05, 4.69) is 10.3 Å². The number of benzene rings is 2. The molecular weight excluding hydrogens is 466 g/mol. The van der Waals surface area contributed by atoms with E-state index < -0.39 is 46.6 Å². The van der Waals surface area contributed by atoms with Crippen LogP contribution in [0.1, 0.15) is 34.5 Å². The molecule has 3 aromatic rings. The lowest BCUT2D eigenvalue weighted by Crippen LogP contribution is -2.29. The van der Waals surface area contributed by atoms with Crippen LogP contribution in [0.25, 0.3) is 11.1 Å². The molecule has 5 nitrogen and oxygen atoms in total. The fourth-order valence-electron chi connectivity index (χ4n) is 3.66. The third kappa shape index (κ3) is 4.20. The first-order valence-electron chi connectivity index (χ1n) is 9.80. The molecule has 0 atom stereocenters. The number of aromatic nitrogens is 1. The van der Waals surface area contributed by atoms with Crippen LogP contribution in [-0.4, -0.2) is 22.0 Å². The summed E-state index contributed by atoms with van der Waals surface area (Å²) in [5.74, 6) is -5.94. The number of anilines is 1. The minimum absolute atomic E-state index is 0.0142. The van der Waals surface area contributed by atoms with Gasteiger partial charge in [-0.25, -0.2) is 18.0 Å². The number of hydrogen-bond acceptors (Lipinski definition) is 3. The highest BCUT2D eigenvalue weighted by atomic mass is 19.4. The number of pyridine rings is 1. The molecule has 0 unspecified atom stereocenters. The molecule has 4 rings (SSSR count). The zero-order chi connectivity index (χ0) is 24.8. The van der Waals surface area contributed by atoms with Gasteiger partial charge in [0.2, 0.25) is 5.91 Å². The minimum atomic E-state index is -4.66. The summed E-state index contributed by atoms with van der Waals surface area (Å²) >= 11 is 0. The predicted molar refractivity (Wildman–Crippen MR) is 107 cm³/mol. The lowest BCUT2D eigenvalue weighted by molar-refractivity contribution is -0.141. The molecule has 176 valence electrons. The first-order valence-corrected chi connectivity index (χ1v) is 9.80. The van der Waals surface area contributed by atoms with Gasteiger partial charge in [-0.05, 0) is 42.7 Å². The lowest BCUT2D eigenvalue weighted by atomic mass is 9.93. The number of halogens is 6. The Morgan fingerprint density at radius 3 is 2.18 bits per heavy atom. The smallest absolute Gasteiger partial charge is 0.433 e. The fourth-order valence-corrected chi connectivity index (χ4v) is 3.66. The number of carbonyl (C=O) groups is 2. The molecule has 0 aliphatic heterocycles. The first-order chi connectivity index (χ1) is 15.9. The van der Waals surface area contributed by atoms with Crippen LogP contribution in [-0.2, 0) is 16.4 Å². The molecule has 11 heteroatoms. The van der Waals surface area contributed by atoms with Crippen LogP contribution in [0.3, 0.4) is 0 Å². The number of hydrogen-bond donors (Lipinski definition) is 2. The van der Waals surface area contributed by atoms with E-state index >= 15 is 0 Å². The van der Waals surface area contributed by atoms with Gasteiger partial charge in [-0.1, -0.05) is 12.1 Å². The zero-order valence-corrected chi connectivity index (χ0v) is 17.0. The molecule has 1 aliphatic carbocycles. The van der Waals surface area contributed by atoms with Gasteiger partial charge in [0.15, 0.2) is 11.6 Å². The van der Waals surface area contributed by atoms with Gasteiger partial charge in [-0.3, -0.25) is 9.78 Å². The second-order valence-electron chi connectivity index (χ2n) is 7.78. The average molecular weight is 480 g/mol. The predicted octanol–water partition coefficient (Wildman–Crippen LogP) is 5.55. The second-order valence-corrected chi connectivity index (χ2v) is 7.78. The number of carboxylic acid groups (broad SMARTS) is 1. The van der Waals surface area contributed by atoms with E-state index in [1.54, 1.807) is 0 Å². The maximum Gasteiger partial charge on any atom is 0.433 e. The zero-order valence-electron chi connectivity index (χ0n) is 17.0. The second kappa shape index (κ2) is 8.15. The molecule has 0 saturated heterocycles. The van der Waals surface area contributed by atoms with Gasteiger partial charge in [0, 0.05) is 29.1 Å². The number of nitrogens with one attached hydrogen (secondary N) is 1. The Kier molecular flexibility index (Phi) is 5.58. The summed E-state index contributed by atoms with van der Waals surface area (Å²) in [5.41, 5.74) is -3.04. The van der Waals surface area contributed by atoms with Gasteiger partial charge in [0.05, 0.1) is 11.0 Å². The molecule has 1 aliphatic rings. The number of amides is 1. The van der Waals surface area contributed by atoms with Crippen LogP contribution in [0.5, 0.6) is 0 Å². The Bertz CT molecular complexity index is 1300. The van der Waals surface area contributed by atoms with Gasteiger partial charge in [0.1, 0.15) is 11.5 Å². The molecule has 1 amide bonds. The highest BCUT2D eigenvalue weighted by molar-refractivity contribution is 6.03. The SMILES string of the molecule is O=C(O)c1cc(NC(=O)C2(c3cc(F)c(F)cc3F)CC2)ccc1-c1ccc(C(F)(F)F)nc1. The molecule has 1 fully saturated rings. The molecule has 2 N–H and O–H groups in total. The number of carbonyl (C=O) groups excluding carboxylic acids is 1. The normalized spacial score (nSPS) is 14.5. The van der Waals surface area contributed by atoms with Crippen LogP contribution in [0.15, 0.2) is 48.7 Å². The van der Waals surface area contributed by atoms with Crippen molar-refractivity contribution in [2.24, 2.45) is 0 Å². The molecule has 2 aromatic carbocycles. The average Bonchev–Trinajstić information content (AvgIpc) is 3.57. The van der Waals surface area contributed by atoms with E-state index in [4.69, 9.17) is 0 Å². The Morgan fingerprint density at radius 1 is 0.941 bits per heavy atom. The monoisotopic (exact) mass is 480 g/mol. The summed E-state index contributed by atoms with van der Waals surface area (Å²) in [6, 6.07) is 6.44. The van der Waals surface area contributed by atoms with Crippen LogP contribution in [0.4, 0.5) is 32.0 Å². The minimum Gasteiger partial charge on any atom is -0.478 e. The van der Waals surface area contributed by atoms with Crippen LogP contribution >= 0.6 is 0 Å². The third-order valence-corrected chi connectivity index (χ3v) is 5.58. The maximum absolute atomic E-state index is 14.2. The standard InChI is InChI=1S/C23H14F6N2O3/c24-16-9-18(26)17(25)8-15(16)22(5-6-22)21(34)31-12-2-3-13(14(7-12)20(32)33)11-1-4-19(30-10-11)23(27,28)29/h1-4,7-10H,5-6H2,(H,31,34)(H,32,33). The maximum atomic E-state index is 14.2. The Labute approximate surface area is 188 Å². The van der Waals surface area contributed by atoms with E-state index in [0.29, 0.717) is 18.2 Å². The van der Waals surface area contributed by atoms with E-state index in [0.717, 1.165) is 18.3 Å². The van der Waals surface area contributed by atoms with Crippen LogP contribution in [0.2, 0.25) is 0 Å². The quantitative estimate of drug-likeness (QED) is 0.371. The molecule has 0 spiro atoms. The van der Waals surface area contributed by atoms with Gasteiger partial charge in [0.25, 0.3) is 0 Å². The topological polar surface area (TPSA) is 79.3 Å². The van der Waals surface area contributed by atoms with Gasteiger partial charge < -0.3 is 10.4 Å². The summed E-state index contributed by atoms with van der Waals surface area (Å²) in [4.78, 5) is 27.9. The van der Waals surface area contributed by atoms with Gasteiger partial charge >= 0.3 is 12.1 Å². The fraction of sp³-hybridized carbons (Fsp3) is 0.174. The van der Waals surface area contributed by atoms with Gasteiger partial charge in [-0.15, -0.1) is 0 Å². The molecule has 0 radical (unpaired) electrons. The van der Waals surface area contributed by atoms with Crippen molar-refractivity contribution in [3.63, 3.8) is 0 Å². The Hall–Kier alpha value is -3.89. The number of nitrogens with zero attached hydrogens (tertiary/aromatic N) is 1. The van der Waals surface area contributed by atoms with Gasteiger partial charge in [-0.2, -0.15) is 13.2 Å². The van der Waals surface area contributed by atoms with Crippen LogP contribution < -0.4 is 5.32 Å². The molecule has 1 saturated carbocycles. The van der Waals surface area contributed by atoms with Crippen molar-refractivity contribution in [1.29, 1.82) is 0 Å². The van der Waals surface area contributed by atoms with E-state index in [-0.39, 0.29) is 40.8 Å². The van der Waals surface area contributed by atoms with Crippen molar-refractivity contribution in [3.05, 3.63) is 82.9 Å². The summed E-state index contributed by atoms with van der Waals surface area (Å²) in [5, 5.41) is 12.0. The molecular formula is C23H14F6N2O3. The van der Waals surface area contributed by atoms with E-state index in [1.807, 2.05) is 0 Å². The van der Waals surface area contributed by atoms with Crippen molar-refractivity contribution in [1.82, 2.24) is 4.98 Å². The van der Waals surface area contributed by atoms with E-state index in [9.17, 15) is 41.0 Å². The van der Waals surface area contributed by atoms with Crippen molar-refractivity contribution in [2.75, 3.05) is 5.32 Å². The molecule has 34 heavy (non-hydrogen) atoms. The number of rotatable bonds is 5.